The van der Waals surface area contributed by atoms with Gasteiger partial charge in [0.2, 0.25) is 0 Å². The van der Waals surface area contributed by atoms with Crippen molar-refractivity contribution in [2.75, 3.05) is 19.6 Å². The van der Waals surface area contributed by atoms with Crippen molar-refractivity contribution >= 4 is 16.9 Å². The summed E-state index contributed by atoms with van der Waals surface area (Å²) < 4.78 is 19.2. The van der Waals surface area contributed by atoms with Crippen LogP contribution in [0.2, 0.25) is 0 Å². The Morgan fingerprint density at radius 3 is 2.73 bits per heavy atom. The third kappa shape index (κ3) is 4.57. The molecule has 1 saturated heterocycles. The number of carbonyl (C=O) groups is 1. The van der Waals surface area contributed by atoms with Gasteiger partial charge in [-0.2, -0.15) is 0 Å². The van der Waals surface area contributed by atoms with E-state index in [0.29, 0.717) is 11.1 Å². The van der Waals surface area contributed by atoms with Gasteiger partial charge in [-0.3, -0.25) is 0 Å². The van der Waals surface area contributed by atoms with E-state index in [-0.39, 0.29) is 11.8 Å². The predicted octanol–water partition coefficient (Wildman–Crippen LogP) is 5.56. The number of benzene rings is 2. The zero-order chi connectivity index (χ0) is 21.1. The zero-order valence-electron chi connectivity index (χ0n) is 17.7. The maximum absolute atomic E-state index is 13.5. The van der Waals surface area contributed by atoms with Crippen LogP contribution < -0.4 is 0 Å². The van der Waals surface area contributed by atoms with Gasteiger partial charge in [0.15, 0.2) is 0 Å². The van der Waals surface area contributed by atoms with Gasteiger partial charge in [0, 0.05) is 23.1 Å². The Labute approximate surface area is 177 Å². The van der Waals surface area contributed by atoms with Gasteiger partial charge in [-0.05, 0) is 81.6 Å². The number of carbonyl (C=O) groups excluding carboxylic acids is 1. The van der Waals surface area contributed by atoms with E-state index >= 15 is 0 Å². The third-order valence-corrected chi connectivity index (χ3v) is 6.02. The van der Waals surface area contributed by atoms with Crippen LogP contribution in [0.1, 0.15) is 59.5 Å². The molecule has 0 bridgehead atoms. The van der Waals surface area contributed by atoms with E-state index in [1.165, 1.54) is 50.0 Å². The number of nitrogens with one attached hydrogen (secondary N) is 1. The van der Waals surface area contributed by atoms with Gasteiger partial charge in [-0.1, -0.05) is 24.6 Å². The van der Waals surface area contributed by atoms with Crippen LogP contribution in [0.15, 0.2) is 42.5 Å². The highest BCUT2D eigenvalue weighted by molar-refractivity contribution is 6.05. The lowest BCUT2D eigenvalue weighted by molar-refractivity contribution is 0.0339. The molecule has 0 saturated carbocycles. The van der Waals surface area contributed by atoms with Crippen molar-refractivity contribution in [1.82, 2.24) is 9.88 Å². The molecule has 1 atom stereocenters. The normalized spacial score (nSPS) is 16.0. The fourth-order valence-corrected chi connectivity index (χ4v) is 4.31. The molecular weight excluding hydrogens is 379 g/mol. The first-order valence-electron chi connectivity index (χ1n) is 10.8. The second-order valence-electron chi connectivity index (χ2n) is 8.26. The van der Waals surface area contributed by atoms with Crippen molar-refractivity contribution in [3.63, 3.8) is 0 Å². The number of aryl methyl sites for hydroxylation is 1. The minimum atomic E-state index is -0.528. The van der Waals surface area contributed by atoms with Gasteiger partial charge in [0.05, 0.1) is 5.56 Å². The Balaban J connectivity index is 1.52. The van der Waals surface area contributed by atoms with E-state index in [2.05, 4.69) is 22.0 Å². The van der Waals surface area contributed by atoms with Crippen molar-refractivity contribution in [3.8, 4) is 0 Å². The smallest absolute Gasteiger partial charge is 0.341 e. The molecule has 4 rings (SSSR count). The average molecular weight is 409 g/mol. The SMILES string of the molecule is Cc1[nH]c2ccc(CCN3CCCCC3)cc2c1C(=O)OC(C)c1cccc(F)c1. The molecule has 0 amide bonds. The lowest BCUT2D eigenvalue weighted by atomic mass is 10.0. The van der Waals surface area contributed by atoms with Crippen LogP contribution in [0, 0.1) is 12.7 Å². The first-order valence-corrected chi connectivity index (χ1v) is 10.8. The zero-order valence-corrected chi connectivity index (χ0v) is 17.7. The summed E-state index contributed by atoms with van der Waals surface area (Å²) in [5.41, 5.74) is 4.14. The first kappa shape index (κ1) is 20.6. The number of rotatable bonds is 6. The predicted molar refractivity (Wildman–Crippen MR) is 117 cm³/mol. The Morgan fingerprint density at radius 1 is 1.17 bits per heavy atom. The molecule has 5 heteroatoms. The standard InChI is InChI=1S/C25H29FN2O2/c1-17-24(25(29)30-18(2)20-7-6-8-21(26)16-20)22-15-19(9-10-23(22)27-17)11-14-28-12-4-3-5-13-28/h6-10,15-16,18,27H,3-5,11-14H2,1-2H3. The second kappa shape index (κ2) is 9.00. The molecule has 1 aromatic heterocycles. The van der Waals surface area contributed by atoms with Gasteiger partial charge in [-0.25, -0.2) is 9.18 Å². The highest BCUT2D eigenvalue weighted by Gasteiger charge is 2.21. The van der Waals surface area contributed by atoms with Crippen LogP contribution in [0.25, 0.3) is 10.9 Å². The van der Waals surface area contributed by atoms with Crippen LogP contribution in [-0.2, 0) is 11.2 Å². The molecule has 0 spiro atoms. The molecule has 30 heavy (non-hydrogen) atoms. The number of ether oxygens (including phenoxy) is 1. The van der Waals surface area contributed by atoms with Crippen molar-refractivity contribution in [1.29, 1.82) is 0 Å². The van der Waals surface area contributed by atoms with E-state index in [9.17, 15) is 9.18 Å². The average Bonchev–Trinajstić information content (AvgIpc) is 3.08. The number of fused-ring (bicyclic) bond motifs is 1. The number of nitrogens with zero attached hydrogens (tertiary/aromatic N) is 1. The topological polar surface area (TPSA) is 45.3 Å². The fourth-order valence-electron chi connectivity index (χ4n) is 4.31. The fraction of sp³-hybridized carbons (Fsp3) is 0.400. The quantitative estimate of drug-likeness (QED) is 0.543. The number of hydrogen-bond acceptors (Lipinski definition) is 3. The number of piperidine rings is 1. The van der Waals surface area contributed by atoms with Crippen LogP contribution >= 0.6 is 0 Å². The molecular formula is C25H29FN2O2. The maximum Gasteiger partial charge on any atom is 0.341 e. The van der Waals surface area contributed by atoms with Crippen LogP contribution in [0.3, 0.4) is 0 Å². The highest BCUT2D eigenvalue weighted by atomic mass is 19.1. The Bertz CT molecular complexity index is 1040. The molecule has 1 N–H and O–H groups in total. The van der Waals surface area contributed by atoms with Crippen molar-refractivity contribution in [2.45, 2.75) is 45.6 Å². The van der Waals surface area contributed by atoms with E-state index in [1.807, 2.05) is 13.0 Å². The van der Waals surface area contributed by atoms with Gasteiger partial charge >= 0.3 is 5.97 Å². The summed E-state index contributed by atoms with van der Waals surface area (Å²) in [6, 6.07) is 12.5. The summed E-state index contributed by atoms with van der Waals surface area (Å²) in [5, 5.41) is 0.889. The van der Waals surface area contributed by atoms with Gasteiger partial charge in [0.25, 0.3) is 0 Å². The number of likely N-dealkylation sites (tertiary alicyclic amines) is 1. The molecule has 2 heterocycles. The lowest BCUT2D eigenvalue weighted by Crippen LogP contribution is -2.31. The summed E-state index contributed by atoms with van der Waals surface area (Å²) in [6.45, 7) is 7.06. The number of esters is 1. The summed E-state index contributed by atoms with van der Waals surface area (Å²) in [6.07, 6.45) is 4.35. The lowest BCUT2D eigenvalue weighted by Gasteiger charge is -2.26. The Hall–Kier alpha value is -2.66. The van der Waals surface area contributed by atoms with Gasteiger partial charge < -0.3 is 14.6 Å². The Kier molecular flexibility index (Phi) is 6.18. The summed E-state index contributed by atoms with van der Waals surface area (Å²) in [4.78, 5) is 18.8. The molecule has 3 aromatic rings. The molecule has 1 unspecified atom stereocenters. The highest BCUT2D eigenvalue weighted by Crippen LogP contribution is 2.27. The third-order valence-electron chi connectivity index (χ3n) is 6.02. The van der Waals surface area contributed by atoms with Crippen molar-refractivity contribution < 1.29 is 13.9 Å². The molecule has 1 aliphatic rings. The number of aromatic amines is 1. The number of hydrogen-bond donors (Lipinski definition) is 1. The van der Waals surface area contributed by atoms with Gasteiger partial charge in [-0.15, -0.1) is 0 Å². The summed E-state index contributed by atoms with van der Waals surface area (Å²) in [7, 11) is 0. The minimum absolute atomic E-state index is 0.336. The molecule has 2 aromatic carbocycles. The van der Waals surface area contributed by atoms with Crippen molar-refractivity contribution in [3.05, 3.63) is 70.7 Å². The summed E-state index contributed by atoms with van der Waals surface area (Å²) in [5.74, 6) is -0.722. The monoisotopic (exact) mass is 408 g/mol. The second-order valence-corrected chi connectivity index (χ2v) is 8.26. The molecule has 0 radical (unpaired) electrons. The number of H-pyrrole nitrogens is 1. The van der Waals surface area contributed by atoms with E-state index in [1.54, 1.807) is 19.1 Å². The Morgan fingerprint density at radius 2 is 1.97 bits per heavy atom. The number of halogens is 1. The first-order chi connectivity index (χ1) is 14.5. The molecule has 1 aliphatic heterocycles. The van der Waals surface area contributed by atoms with Crippen LogP contribution in [0.5, 0.6) is 0 Å². The summed E-state index contributed by atoms with van der Waals surface area (Å²) >= 11 is 0. The van der Waals surface area contributed by atoms with E-state index in [0.717, 1.165) is 29.6 Å². The van der Waals surface area contributed by atoms with Gasteiger partial charge in [0.1, 0.15) is 11.9 Å². The largest absolute Gasteiger partial charge is 0.454 e. The van der Waals surface area contributed by atoms with E-state index < -0.39 is 6.10 Å². The maximum atomic E-state index is 13.5. The van der Waals surface area contributed by atoms with E-state index in [4.69, 9.17) is 4.74 Å². The van der Waals surface area contributed by atoms with Crippen LogP contribution in [-0.4, -0.2) is 35.5 Å². The molecule has 4 nitrogen and oxygen atoms in total. The molecule has 0 aliphatic carbocycles. The van der Waals surface area contributed by atoms with Crippen LogP contribution in [0.4, 0.5) is 4.39 Å². The minimum Gasteiger partial charge on any atom is -0.454 e. The molecule has 158 valence electrons. The van der Waals surface area contributed by atoms with Crippen molar-refractivity contribution in [2.24, 2.45) is 0 Å². The molecule has 1 fully saturated rings. The number of aromatic nitrogens is 1.